The summed E-state index contributed by atoms with van der Waals surface area (Å²) in [6.45, 7) is 7.05. The summed E-state index contributed by atoms with van der Waals surface area (Å²) in [7, 11) is 0. The van der Waals surface area contributed by atoms with Crippen LogP contribution in [0, 0.1) is 11.3 Å². The number of phenolic OH excluding ortho intramolecular Hbond substituents is 1. The first-order valence-corrected chi connectivity index (χ1v) is 14.2. The molecule has 1 aliphatic rings. The lowest BCUT2D eigenvalue weighted by Crippen LogP contribution is -2.44. The van der Waals surface area contributed by atoms with Crippen LogP contribution in [0.25, 0.3) is 11.1 Å². The van der Waals surface area contributed by atoms with Gasteiger partial charge in [-0.3, -0.25) is 4.90 Å². The standard InChI is InChI=1S/C36H38N2O2/c1-35(2,21-22-36(27-37,31-12-5-3-6-13-31)32-14-7-4-8-15-32)38-23-20-34(25-38)40-26-28-10-9-11-30(24-28)29-16-18-33(39)19-17-29/h3-19,24,34,39H,20-23,25-26H2,1-2H3/t34-/m0/s1. The lowest BCUT2D eigenvalue weighted by Gasteiger charge is -2.38. The van der Waals surface area contributed by atoms with Crippen molar-refractivity contribution in [3.8, 4) is 22.9 Å². The Morgan fingerprint density at radius 3 is 2.10 bits per heavy atom. The van der Waals surface area contributed by atoms with E-state index in [2.05, 4.69) is 73.3 Å². The van der Waals surface area contributed by atoms with Gasteiger partial charge in [-0.1, -0.05) is 91.0 Å². The molecule has 1 N–H and O–H groups in total. The smallest absolute Gasteiger partial charge is 0.115 e. The Balaban J connectivity index is 1.22. The minimum absolute atomic E-state index is 0.0669. The Kier molecular flexibility index (Phi) is 8.35. The fourth-order valence-corrected chi connectivity index (χ4v) is 5.86. The summed E-state index contributed by atoms with van der Waals surface area (Å²) >= 11 is 0. The van der Waals surface area contributed by atoms with E-state index in [4.69, 9.17) is 4.74 Å². The van der Waals surface area contributed by atoms with Crippen LogP contribution in [0.3, 0.4) is 0 Å². The number of rotatable bonds is 10. The van der Waals surface area contributed by atoms with E-state index in [-0.39, 0.29) is 17.4 Å². The van der Waals surface area contributed by atoms with Crippen molar-refractivity contribution >= 4 is 0 Å². The van der Waals surface area contributed by atoms with Gasteiger partial charge in [0.1, 0.15) is 11.2 Å². The summed E-state index contributed by atoms with van der Waals surface area (Å²) in [5.41, 5.74) is 4.70. The Morgan fingerprint density at radius 1 is 0.825 bits per heavy atom. The Hall–Kier alpha value is -3.91. The van der Waals surface area contributed by atoms with Crippen LogP contribution in [-0.2, 0) is 16.8 Å². The lowest BCUT2D eigenvalue weighted by atomic mass is 9.70. The number of phenols is 1. The van der Waals surface area contributed by atoms with Crippen molar-refractivity contribution in [2.75, 3.05) is 13.1 Å². The summed E-state index contributed by atoms with van der Waals surface area (Å²) in [5.74, 6) is 0.274. The Labute approximate surface area is 238 Å². The largest absolute Gasteiger partial charge is 0.508 e. The Bertz CT molecular complexity index is 1390. The van der Waals surface area contributed by atoms with Crippen molar-refractivity contribution in [1.29, 1.82) is 5.26 Å². The van der Waals surface area contributed by atoms with Gasteiger partial charge in [-0.15, -0.1) is 0 Å². The second-order valence-electron chi connectivity index (χ2n) is 11.5. The van der Waals surface area contributed by atoms with E-state index in [0.717, 1.165) is 60.2 Å². The molecule has 0 aliphatic carbocycles. The second-order valence-corrected chi connectivity index (χ2v) is 11.5. The van der Waals surface area contributed by atoms with E-state index in [0.29, 0.717) is 6.61 Å². The van der Waals surface area contributed by atoms with E-state index < -0.39 is 5.41 Å². The zero-order valence-corrected chi connectivity index (χ0v) is 23.5. The van der Waals surface area contributed by atoms with Gasteiger partial charge in [0.05, 0.1) is 18.8 Å². The fourth-order valence-electron chi connectivity index (χ4n) is 5.86. The molecule has 0 aromatic heterocycles. The highest BCUT2D eigenvalue weighted by Crippen LogP contribution is 2.39. The maximum Gasteiger partial charge on any atom is 0.115 e. The molecule has 0 saturated carbocycles. The van der Waals surface area contributed by atoms with Gasteiger partial charge in [0, 0.05) is 18.6 Å². The molecule has 1 heterocycles. The van der Waals surface area contributed by atoms with Crippen LogP contribution in [0.5, 0.6) is 5.75 Å². The van der Waals surface area contributed by atoms with Gasteiger partial charge >= 0.3 is 0 Å². The molecule has 1 aliphatic heterocycles. The van der Waals surface area contributed by atoms with Crippen LogP contribution in [0.4, 0.5) is 0 Å². The highest BCUT2D eigenvalue weighted by atomic mass is 16.5. The number of benzene rings is 4. The third-order valence-electron chi connectivity index (χ3n) is 8.45. The molecule has 0 radical (unpaired) electrons. The van der Waals surface area contributed by atoms with Gasteiger partial charge in [0.25, 0.3) is 0 Å². The first-order valence-electron chi connectivity index (χ1n) is 14.2. The number of nitriles is 1. The van der Waals surface area contributed by atoms with Crippen molar-refractivity contribution in [3.63, 3.8) is 0 Å². The average Bonchev–Trinajstić information content (AvgIpc) is 3.49. The minimum Gasteiger partial charge on any atom is -0.508 e. The molecular formula is C36H38N2O2. The summed E-state index contributed by atoms with van der Waals surface area (Å²) in [6, 6.07) is 38.9. The summed E-state index contributed by atoms with van der Waals surface area (Å²) in [6.07, 6.45) is 2.82. The van der Waals surface area contributed by atoms with Crippen LogP contribution in [0.2, 0.25) is 0 Å². The van der Waals surface area contributed by atoms with Gasteiger partial charge in [-0.25, -0.2) is 0 Å². The zero-order chi connectivity index (χ0) is 28.0. The minimum atomic E-state index is -0.683. The second kappa shape index (κ2) is 12.1. The third kappa shape index (κ3) is 6.12. The number of ether oxygens (including phenoxy) is 1. The van der Waals surface area contributed by atoms with Crippen LogP contribution in [-0.4, -0.2) is 34.7 Å². The molecule has 1 saturated heterocycles. The van der Waals surface area contributed by atoms with Gasteiger partial charge in [0.2, 0.25) is 0 Å². The van der Waals surface area contributed by atoms with Crippen molar-refractivity contribution in [1.82, 2.24) is 4.90 Å². The van der Waals surface area contributed by atoms with Crippen LogP contribution in [0.15, 0.2) is 109 Å². The highest BCUT2D eigenvalue weighted by molar-refractivity contribution is 5.64. The molecule has 0 unspecified atom stereocenters. The van der Waals surface area contributed by atoms with Crippen LogP contribution in [0.1, 0.15) is 49.8 Å². The quantitative estimate of drug-likeness (QED) is 0.228. The summed E-state index contributed by atoms with van der Waals surface area (Å²) < 4.78 is 6.40. The zero-order valence-electron chi connectivity index (χ0n) is 23.5. The number of hydrogen-bond donors (Lipinski definition) is 1. The molecule has 0 bridgehead atoms. The van der Waals surface area contributed by atoms with E-state index in [9.17, 15) is 10.4 Å². The number of nitrogens with zero attached hydrogens (tertiary/aromatic N) is 2. The molecular weight excluding hydrogens is 492 g/mol. The molecule has 4 heteroatoms. The highest BCUT2D eigenvalue weighted by Gasteiger charge is 2.39. The van der Waals surface area contributed by atoms with Gasteiger partial charge in [0.15, 0.2) is 0 Å². The molecule has 204 valence electrons. The lowest BCUT2D eigenvalue weighted by molar-refractivity contribution is 0.0341. The first-order chi connectivity index (χ1) is 19.4. The van der Waals surface area contributed by atoms with Gasteiger partial charge < -0.3 is 9.84 Å². The molecule has 1 fully saturated rings. The van der Waals surface area contributed by atoms with E-state index in [1.165, 1.54) is 0 Å². The molecule has 0 spiro atoms. The van der Waals surface area contributed by atoms with E-state index in [1.807, 2.05) is 48.5 Å². The number of likely N-dealkylation sites (tertiary alicyclic amines) is 1. The first kappa shape index (κ1) is 27.6. The van der Waals surface area contributed by atoms with Crippen molar-refractivity contribution in [2.45, 2.75) is 56.8 Å². The molecule has 0 amide bonds. The van der Waals surface area contributed by atoms with Crippen LogP contribution < -0.4 is 0 Å². The molecule has 40 heavy (non-hydrogen) atoms. The predicted molar refractivity (Wildman–Crippen MR) is 161 cm³/mol. The summed E-state index contributed by atoms with van der Waals surface area (Å²) in [5, 5.41) is 20.2. The fraction of sp³-hybridized carbons (Fsp3) is 0.306. The maximum atomic E-state index is 10.6. The number of aromatic hydroxyl groups is 1. The van der Waals surface area contributed by atoms with Crippen LogP contribution >= 0.6 is 0 Å². The van der Waals surface area contributed by atoms with Crippen molar-refractivity contribution in [2.24, 2.45) is 0 Å². The molecule has 4 aromatic rings. The third-order valence-corrected chi connectivity index (χ3v) is 8.45. The maximum absolute atomic E-state index is 10.6. The molecule has 4 aromatic carbocycles. The van der Waals surface area contributed by atoms with E-state index >= 15 is 0 Å². The monoisotopic (exact) mass is 530 g/mol. The predicted octanol–water partition coefficient (Wildman–Crippen LogP) is 7.72. The number of hydrogen-bond acceptors (Lipinski definition) is 4. The molecule has 5 rings (SSSR count). The molecule has 1 atom stereocenters. The average molecular weight is 531 g/mol. The molecule has 4 nitrogen and oxygen atoms in total. The SMILES string of the molecule is CC(C)(CCC(C#N)(c1ccccc1)c1ccccc1)N1CC[C@H](OCc2cccc(-c3ccc(O)cc3)c2)C1. The van der Waals surface area contributed by atoms with Gasteiger partial charge in [-0.2, -0.15) is 5.26 Å². The normalized spacial score (nSPS) is 16.1. The van der Waals surface area contributed by atoms with Crippen molar-refractivity contribution in [3.05, 3.63) is 126 Å². The summed E-state index contributed by atoms with van der Waals surface area (Å²) in [4.78, 5) is 2.53. The topological polar surface area (TPSA) is 56.5 Å². The van der Waals surface area contributed by atoms with E-state index in [1.54, 1.807) is 12.1 Å². The Morgan fingerprint density at radius 2 is 1.48 bits per heavy atom. The van der Waals surface area contributed by atoms with Crippen molar-refractivity contribution < 1.29 is 9.84 Å². The van der Waals surface area contributed by atoms with Gasteiger partial charge in [-0.05, 0) is 79.1 Å².